The van der Waals surface area contributed by atoms with E-state index in [2.05, 4.69) is 10.6 Å². The highest BCUT2D eigenvalue weighted by atomic mass is 35.6. The minimum atomic E-state index is -3.58. The van der Waals surface area contributed by atoms with Gasteiger partial charge in [-0.3, -0.25) is 5.32 Å². The molecule has 1 aliphatic rings. The first-order chi connectivity index (χ1) is 14.1. The number of carbonyl (C=O) groups excluding carboxylic acids is 1. The van der Waals surface area contributed by atoms with Gasteiger partial charge >= 0.3 is 6.09 Å². The molecule has 1 aliphatic heterocycles. The fourth-order valence-electron chi connectivity index (χ4n) is 2.91. The molecule has 30 heavy (non-hydrogen) atoms. The number of carbonyl (C=O) groups is 1. The summed E-state index contributed by atoms with van der Waals surface area (Å²) in [6, 6.07) is 5.95. The fraction of sp³-hybridized carbons (Fsp3) is 0.611. The van der Waals surface area contributed by atoms with E-state index in [9.17, 15) is 13.2 Å². The quantitative estimate of drug-likeness (QED) is 0.394. The van der Waals surface area contributed by atoms with Crippen LogP contribution in [0.3, 0.4) is 0 Å². The third-order valence-electron chi connectivity index (χ3n) is 4.52. The number of benzene rings is 1. The van der Waals surface area contributed by atoms with E-state index in [1.54, 1.807) is 13.8 Å². The summed E-state index contributed by atoms with van der Waals surface area (Å²) >= 11 is 17.9. The highest BCUT2D eigenvalue weighted by molar-refractivity contribution is 7.89. The lowest BCUT2D eigenvalue weighted by Gasteiger charge is -2.27. The van der Waals surface area contributed by atoms with E-state index >= 15 is 0 Å². The van der Waals surface area contributed by atoms with Crippen LogP contribution in [0.4, 0.5) is 10.5 Å². The second-order valence-corrected chi connectivity index (χ2v) is 10.9. The number of amides is 1. The molecule has 12 heteroatoms. The van der Waals surface area contributed by atoms with E-state index in [0.29, 0.717) is 25.4 Å². The smallest absolute Gasteiger partial charge is 0.408 e. The Hall–Kier alpha value is -0.970. The molecule has 0 radical (unpaired) electrons. The Morgan fingerprint density at radius 1 is 1.27 bits per heavy atom. The van der Waals surface area contributed by atoms with Crippen LogP contribution in [-0.4, -0.2) is 61.2 Å². The van der Waals surface area contributed by atoms with Crippen LogP contribution in [0.15, 0.2) is 29.2 Å². The molecular formula is C18H26Cl3N3O5S. The van der Waals surface area contributed by atoms with Gasteiger partial charge in [0, 0.05) is 25.4 Å². The van der Waals surface area contributed by atoms with Crippen molar-refractivity contribution < 1.29 is 22.7 Å². The number of sulfonamides is 1. The Bertz CT molecular complexity index is 792. The SMILES string of the molecule is CCN(CC)S(=O)(=O)c1ccc(N[C@@H](NC(=O)OC[C@@H]2CCCO2)C(Cl)(Cl)Cl)cc1. The molecule has 0 aromatic heterocycles. The van der Waals surface area contributed by atoms with Gasteiger partial charge in [0.15, 0.2) is 0 Å². The fourth-order valence-corrected chi connectivity index (χ4v) is 4.69. The average molecular weight is 503 g/mol. The zero-order valence-electron chi connectivity index (χ0n) is 16.7. The zero-order valence-corrected chi connectivity index (χ0v) is 19.8. The van der Waals surface area contributed by atoms with Gasteiger partial charge in [-0.05, 0) is 37.1 Å². The van der Waals surface area contributed by atoms with Crippen LogP contribution >= 0.6 is 34.8 Å². The van der Waals surface area contributed by atoms with E-state index in [0.717, 1.165) is 12.8 Å². The monoisotopic (exact) mass is 501 g/mol. The molecule has 170 valence electrons. The Morgan fingerprint density at radius 2 is 1.90 bits per heavy atom. The van der Waals surface area contributed by atoms with Crippen LogP contribution in [-0.2, 0) is 19.5 Å². The first-order valence-corrected chi connectivity index (χ1v) is 12.1. The Labute approximate surface area is 192 Å². The van der Waals surface area contributed by atoms with Crippen molar-refractivity contribution in [2.24, 2.45) is 0 Å². The largest absolute Gasteiger partial charge is 0.447 e. The van der Waals surface area contributed by atoms with Crippen LogP contribution in [0.1, 0.15) is 26.7 Å². The topological polar surface area (TPSA) is 97.0 Å². The predicted octanol–water partition coefficient (Wildman–Crippen LogP) is 3.73. The van der Waals surface area contributed by atoms with Gasteiger partial charge in [-0.15, -0.1) is 0 Å². The van der Waals surface area contributed by atoms with Crippen LogP contribution in [0.2, 0.25) is 0 Å². The summed E-state index contributed by atoms with van der Waals surface area (Å²) in [6.07, 6.45) is -0.272. The summed E-state index contributed by atoms with van der Waals surface area (Å²) in [7, 11) is -3.58. The second kappa shape index (κ2) is 11.1. The van der Waals surface area contributed by atoms with Gasteiger partial charge in [0.05, 0.1) is 11.0 Å². The van der Waals surface area contributed by atoms with Gasteiger partial charge in [0.25, 0.3) is 0 Å². The molecule has 1 amide bonds. The van der Waals surface area contributed by atoms with E-state index in [1.807, 2.05) is 0 Å². The van der Waals surface area contributed by atoms with Gasteiger partial charge in [0.1, 0.15) is 12.8 Å². The van der Waals surface area contributed by atoms with E-state index in [1.165, 1.54) is 28.6 Å². The number of hydrogen-bond donors (Lipinski definition) is 2. The third-order valence-corrected chi connectivity index (χ3v) is 7.24. The maximum absolute atomic E-state index is 12.6. The molecule has 2 atom stereocenters. The Kier molecular flexibility index (Phi) is 9.32. The van der Waals surface area contributed by atoms with Gasteiger partial charge in [0.2, 0.25) is 13.8 Å². The number of rotatable bonds is 9. The van der Waals surface area contributed by atoms with E-state index in [4.69, 9.17) is 44.3 Å². The summed E-state index contributed by atoms with van der Waals surface area (Å²) in [5.41, 5.74) is 0.448. The molecule has 8 nitrogen and oxygen atoms in total. The van der Waals surface area contributed by atoms with Crippen molar-refractivity contribution >= 4 is 56.6 Å². The molecule has 2 rings (SSSR count). The highest BCUT2D eigenvalue weighted by Crippen LogP contribution is 2.31. The van der Waals surface area contributed by atoms with Crippen molar-refractivity contribution in [3.05, 3.63) is 24.3 Å². The van der Waals surface area contributed by atoms with Gasteiger partial charge in [-0.25, -0.2) is 13.2 Å². The summed E-state index contributed by atoms with van der Waals surface area (Å²) in [4.78, 5) is 12.2. The molecule has 0 unspecified atom stereocenters. The Balaban J connectivity index is 2.03. The molecule has 0 saturated carbocycles. The normalized spacial score (nSPS) is 18.3. The van der Waals surface area contributed by atoms with Crippen molar-refractivity contribution in [3.8, 4) is 0 Å². The van der Waals surface area contributed by atoms with Gasteiger partial charge < -0.3 is 14.8 Å². The van der Waals surface area contributed by atoms with Crippen molar-refractivity contribution in [1.82, 2.24) is 9.62 Å². The Morgan fingerprint density at radius 3 is 2.40 bits per heavy atom. The number of ether oxygens (including phenoxy) is 2. The average Bonchev–Trinajstić information content (AvgIpc) is 3.20. The predicted molar refractivity (Wildman–Crippen MR) is 118 cm³/mol. The van der Waals surface area contributed by atoms with Crippen LogP contribution < -0.4 is 10.6 Å². The number of nitrogens with zero attached hydrogens (tertiary/aromatic N) is 1. The standard InChI is InChI=1S/C18H26Cl3N3O5S/c1-3-24(4-2)30(26,27)15-9-7-13(8-10-15)22-16(18(19,20)21)23-17(25)29-12-14-6-5-11-28-14/h7-10,14,16,22H,3-6,11-12H2,1-2H3,(H,23,25)/t14-,16-/m0/s1. The van der Waals surface area contributed by atoms with Crippen LogP contribution in [0, 0.1) is 0 Å². The zero-order chi connectivity index (χ0) is 22.4. The number of halogens is 3. The number of alkyl carbamates (subject to hydrolysis) is 1. The number of hydrogen-bond acceptors (Lipinski definition) is 6. The van der Waals surface area contributed by atoms with Crippen molar-refractivity contribution in [3.63, 3.8) is 0 Å². The van der Waals surface area contributed by atoms with Crippen molar-refractivity contribution in [2.75, 3.05) is 31.6 Å². The lowest BCUT2D eigenvalue weighted by Crippen LogP contribution is -2.49. The number of nitrogens with one attached hydrogen (secondary N) is 2. The lowest BCUT2D eigenvalue weighted by atomic mass is 10.2. The maximum atomic E-state index is 12.6. The summed E-state index contributed by atoms with van der Waals surface area (Å²) in [5, 5.41) is 5.33. The van der Waals surface area contributed by atoms with Crippen LogP contribution in [0.5, 0.6) is 0 Å². The van der Waals surface area contributed by atoms with Gasteiger partial charge in [-0.2, -0.15) is 4.31 Å². The molecule has 1 fully saturated rings. The first kappa shape index (κ1) is 25.3. The molecule has 1 heterocycles. The summed E-state index contributed by atoms with van der Waals surface area (Å²) in [6.45, 7) is 5.03. The maximum Gasteiger partial charge on any atom is 0.408 e. The van der Waals surface area contributed by atoms with Crippen molar-refractivity contribution in [2.45, 2.75) is 47.6 Å². The molecule has 0 aliphatic carbocycles. The molecular weight excluding hydrogens is 477 g/mol. The molecule has 0 spiro atoms. The lowest BCUT2D eigenvalue weighted by molar-refractivity contribution is 0.0432. The van der Waals surface area contributed by atoms with Crippen molar-refractivity contribution in [1.29, 1.82) is 0 Å². The summed E-state index contributed by atoms with van der Waals surface area (Å²) < 4.78 is 35.1. The van der Waals surface area contributed by atoms with E-state index in [-0.39, 0.29) is 17.6 Å². The number of alkyl halides is 3. The van der Waals surface area contributed by atoms with Crippen LogP contribution in [0.25, 0.3) is 0 Å². The molecule has 1 aromatic carbocycles. The molecule has 2 N–H and O–H groups in total. The minimum absolute atomic E-state index is 0.107. The number of anilines is 1. The highest BCUT2D eigenvalue weighted by Gasteiger charge is 2.35. The third kappa shape index (κ3) is 7.03. The minimum Gasteiger partial charge on any atom is -0.447 e. The summed E-state index contributed by atoms with van der Waals surface area (Å²) in [5.74, 6) is 0. The molecule has 1 saturated heterocycles. The second-order valence-electron chi connectivity index (χ2n) is 6.61. The molecule has 0 bridgehead atoms. The molecule has 1 aromatic rings. The first-order valence-electron chi connectivity index (χ1n) is 9.56. The van der Waals surface area contributed by atoms with Gasteiger partial charge in [-0.1, -0.05) is 48.7 Å². The van der Waals surface area contributed by atoms with E-state index < -0.39 is 26.1 Å².